The fourth-order valence-corrected chi connectivity index (χ4v) is 8.89. The van der Waals surface area contributed by atoms with Gasteiger partial charge in [0.15, 0.2) is 11.5 Å². The van der Waals surface area contributed by atoms with Gasteiger partial charge in [0.2, 0.25) is 17.7 Å². The highest BCUT2D eigenvalue weighted by atomic mass is 16.5. The summed E-state index contributed by atoms with van der Waals surface area (Å²) in [5.74, 6) is -3.03. The molecule has 2 aromatic heterocycles. The topological polar surface area (TPSA) is 328 Å². The number of nitrogens with zero attached hydrogens (tertiary/aromatic N) is 6. The van der Waals surface area contributed by atoms with E-state index < -0.39 is 41.9 Å². The van der Waals surface area contributed by atoms with Crippen LogP contribution in [0.25, 0.3) is 11.3 Å². The van der Waals surface area contributed by atoms with Gasteiger partial charge < -0.3 is 62.6 Å². The van der Waals surface area contributed by atoms with Gasteiger partial charge in [-0.25, -0.2) is 19.6 Å². The molecule has 0 radical (unpaired) electrons. The standard InChI is InChI=1S/C53H66N14O10/c1-33(2)46(64-43(68)8-4-3-5-23-67-44(69)17-18-45(67)70)50(72)62-39(7-6-21-57-52(55)74)49(71)59-36-13-9-34(10-14-36)32-77-53(75)60-37-20-24-66(31-37)38-15-11-35(12-16-38)40-30-58-48(54)47(61-40)51(73)63-41-29-56-22-19-42(41)65-25-27-76-28-26-65/h9-19,22,29-30,33,37,39,46H,3-8,20-21,23-28,31-32H2,1-2H3,(H2,54,58)(H,59,71)(H,60,75)(H,62,72)(H,63,73)(H,64,68)(H3,55,57,74)/t37-,39-,46?/m0/s1. The number of rotatable bonds is 24. The number of unbranched alkanes of at least 4 members (excludes halogenated alkanes) is 2. The third-order valence-electron chi connectivity index (χ3n) is 13.1. The van der Waals surface area contributed by atoms with Crippen molar-refractivity contribution in [1.29, 1.82) is 0 Å². The maximum Gasteiger partial charge on any atom is 0.407 e. The quantitative estimate of drug-likeness (QED) is 0.0369. The Balaban J connectivity index is 0.849. The van der Waals surface area contributed by atoms with Crippen molar-refractivity contribution in [2.24, 2.45) is 11.7 Å². The van der Waals surface area contributed by atoms with Gasteiger partial charge >= 0.3 is 12.1 Å². The van der Waals surface area contributed by atoms with Crippen LogP contribution in [0.1, 0.15) is 74.8 Å². The smallest absolute Gasteiger partial charge is 0.407 e. The molecule has 7 rings (SSSR count). The summed E-state index contributed by atoms with van der Waals surface area (Å²) in [6.07, 6.45) is 9.45. The SMILES string of the molecule is CC(C)C(NC(=O)CCCCCN1C(=O)C=CC1=O)C(=O)N[C@@H](CCCNC(N)=O)C(=O)Nc1ccc(COC(=O)N[C@H]2CCN(c3ccc(-c4cnc(N)c(C(=O)Nc5cnccc5N5CCOCC5)n4)cc3)C2)cc1. The molecule has 9 amide bonds. The molecule has 1 unspecified atom stereocenters. The van der Waals surface area contributed by atoms with E-state index in [-0.39, 0.29) is 73.7 Å². The molecule has 0 saturated carbocycles. The van der Waals surface area contributed by atoms with Gasteiger partial charge in [-0.15, -0.1) is 0 Å². The van der Waals surface area contributed by atoms with Crippen LogP contribution < -0.4 is 53.2 Å². The molecule has 4 aromatic rings. The zero-order valence-corrected chi connectivity index (χ0v) is 43.1. The average Bonchev–Trinajstić information content (AvgIpc) is 4.03. The second-order valence-corrected chi connectivity index (χ2v) is 19.1. The first kappa shape index (κ1) is 56.1. The summed E-state index contributed by atoms with van der Waals surface area (Å²) in [5.41, 5.74) is 15.9. The number of nitrogen functional groups attached to an aromatic ring is 1. The summed E-state index contributed by atoms with van der Waals surface area (Å²) in [6.45, 7) is 7.65. The van der Waals surface area contributed by atoms with Gasteiger partial charge in [-0.2, -0.15) is 0 Å². The van der Waals surface area contributed by atoms with Crippen LogP contribution in [0.5, 0.6) is 0 Å². The number of imide groups is 1. The number of nitrogens with one attached hydrogen (secondary N) is 6. The monoisotopic (exact) mass is 1060 g/mol. The van der Waals surface area contributed by atoms with Crippen LogP contribution in [-0.4, -0.2) is 138 Å². The second-order valence-electron chi connectivity index (χ2n) is 19.1. The molecule has 0 bridgehead atoms. The Morgan fingerprint density at radius 2 is 1.57 bits per heavy atom. The van der Waals surface area contributed by atoms with E-state index in [9.17, 15) is 38.4 Å². The average molecular weight is 1060 g/mol. The highest BCUT2D eigenvalue weighted by Gasteiger charge is 2.30. The molecule has 3 aliphatic rings. The number of benzene rings is 2. The molecule has 3 aliphatic heterocycles. The number of morpholine rings is 1. The first-order valence-corrected chi connectivity index (χ1v) is 25.7. The predicted molar refractivity (Wildman–Crippen MR) is 286 cm³/mol. The van der Waals surface area contributed by atoms with E-state index in [2.05, 4.69) is 56.7 Å². The number of pyridine rings is 1. The van der Waals surface area contributed by atoms with E-state index in [1.807, 2.05) is 30.3 Å². The molecule has 2 aromatic carbocycles. The molecule has 3 atom stereocenters. The minimum atomic E-state index is -1.05. The molecular weight excluding hydrogens is 993 g/mol. The van der Waals surface area contributed by atoms with E-state index in [1.54, 1.807) is 50.5 Å². The van der Waals surface area contributed by atoms with Gasteiger partial charge in [0.25, 0.3) is 17.7 Å². The molecule has 2 fully saturated rings. The summed E-state index contributed by atoms with van der Waals surface area (Å²) in [7, 11) is 0. The van der Waals surface area contributed by atoms with Crippen molar-refractivity contribution in [1.82, 2.24) is 41.1 Å². The molecule has 0 spiro atoms. The van der Waals surface area contributed by atoms with E-state index in [0.717, 1.165) is 21.8 Å². The van der Waals surface area contributed by atoms with E-state index in [4.69, 9.17) is 20.9 Å². The number of alkyl carbamates (subject to hydrolysis) is 1. The highest BCUT2D eigenvalue weighted by molar-refractivity contribution is 6.13. The van der Waals surface area contributed by atoms with E-state index >= 15 is 0 Å². The number of primary amides is 1. The Bertz CT molecular complexity index is 2770. The fourth-order valence-electron chi connectivity index (χ4n) is 8.89. The second kappa shape index (κ2) is 27.2. The maximum atomic E-state index is 13.6. The van der Waals surface area contributed by atoms with Gasteiger partial charge in [-0.1, -0.05) is 44.5 Å². The Hall–Kier alpha value is -8.67. The molecule has 0 aliphatic carbocycles. The summed E-state index contributed by atoms with van der Waals surface area (Å²) in [4.78, 5) is 120. The lowest BCUT2D eigenvalue weighted by Crippen LogP contribution is -2.54. The minimum Gasteiger partial charge on any atom is -0.445 e. The number of carbonyl (C=O) groups excluding carboxylic acids is 8. The number of nitrogens with two attached hydrogens (primary N) is 2. The van der Waals surface area contributed by atoms with E-state index in [0.29, 0.717) is 94.1 Å². The van der Waals surface area contributed by atoms with Crippen molar-refractivity contribution in [3.05, 3.63) is 96.6 Å². The number of carbonyl (C=O) groups is 8. The molecule has 10 N–H and O–H groups in total. The van der Waals surface area contributed by atoms with Crippen LogP contribution in [0.2, 0.25) is 0 Å². The number of urea groups is 1. The van der Waals surface area contributed by atoms with Gasteiger partial charge in [-0.3, -0.25) is 38.7 Å². The summed E-state index contributed by atoms with van der Waals surface area (Å²) in [5, 5.41) is 16.7. The largest absolute Gasteiger partial charge is 0.445 e. The van der Waals surface area contributed by atoms with Crippen molar-refractivity contribution in [2.45, 2.75) is 83.5 Å². The van der Waals surface area contributed by atoms with Gasteiger partial charge in [-0.05, 0) is 73.9 Å². The van der Waals surface area contributed by atoms with Gasteiger partial charge in [0, 0.05) is 81.0 Å². The number of aromatic nitrogens is 3. The van der Waals surface area contributed by atoms with Crippen LogP contribution in [0.4, 0.5) is 38.2 Å². The molecule has 5 heterocycles. The van der Waals surface area contributed by atoms with Crippen LogP contribution in [-0.2, 0) is 40.1 Å². The third kappa shape index (κ3) is 16.2. The first-order valence-electron chi connectivity index (χ1n) is 25.7. The van der Waals surface area contributed by atoms with E-state index in [1.165, 1.54) is 18.3 Å². The van der Waals surface area contributed by atoms with Crippen molar-refractivity contribution < 1.29 is 47.8 Å². The number of ether oxygens (including phenoxy) is 2. The fraction of sp³-hybridized carbons (Fsp3) is 0.415. The van der Waals surface area contributed by atoms with Crippen LogP contribution in [0.15, 0.2) is 85.3 Å². The Kier molecular flexibility index (Phi) is 19.8. The van der Waals surface area contributed by atoms with Crippen molar-refractivity contribution >= 4 is 76.1 Å². The van der Waals surface area contributed by atoms with Crippen molar-refractivity contribution in [3.8, 4) is 11.3 Å². The number of hydrogen-bond donors (Lipinski definition) is 8. The van der Waals surface area contributed by atoms with Crippen molar-refractivity contribution in [3.63, 3.8) is 0 Å². The zero-order valence-electron chi connectivity index (χ0n) is 43.1. The minimum absolute atomic E-state index is 0.00886. The van der Waals surface area contributed by atoms with Crippen molar-refractivity contribution in [2.75, 3.05) is 78.6 Å². The highest BCUT2D eigenvalue weighted by Crippen LogP contribution is 2.28. The Morgan fingerprint density at radius 3 is 2.29 bits per heavy atom. The van der Waals surface area contributed by atoms with Crippen LogP contribution in [0.3, 0.4) is 0 Å². The molecule has 24 nitrogen and oxygen atoms in total. The summed E-state index contributed by atoms with van der Waals surface area (Å²) < 4.78 is 11.0. The maximum absolute atomic E-state index is 13.6. The molecule has 24 heteroatoms. The number of anilines is 5. The lowest BCUT2D eigenvalue weighted by Gasteiger charge is -2.30. The summed E-state index contributed by atoms with van der Waals surface area (Å²) in [6, 6.07) is 13.2. The van der Waals surface area contributed by atoms with Gasteiger partial charge in [0.1, 0.15) is 18.7 Å². The molecule has 2 saturated heterocycles. The lowest BCUT2D eigenvalue weighted by molar-refractivity contribution is -0.137. The Morgan fingerprint density at radius 1 is 0.831 bits per heavy atom. The number of amides is 9. The normalized spacial score (nSPS) is 15.9. The molecular formula is C53H66N14O10. The molecule has 408 valence electrons. The Labute approximate surface area is 445 Å². The predicted octanol–water partition coefficient (Wildman–Crippen LogP) is 3.21. The summed E-state index contributed by atoms with van der Waals surface area (Å²) >= 11 is 0. The van der Waals surface area contributed by atoms with Gasteiger partial charge in [0.05, 0.1) is 48.7 Å². The third-order valence-corrected chi connectivity index (χ3v) is 13.1. The lowest BCUT2D eigenvalue weighted by atomic mass is 10.0. The molecule has 77 heavy (non-hydrogen) atoms. The van der Waals surface area contributed by atoms with Crippen LogP contribution in [0, 0.1) is 5.92 Å². The zero-order chi connectivity index (χ0) is 54.8. The number of hydrogen-bond acceptors (Lipinski definition) is 16. The van der Waals surface area contributed by atoms with Crippen LogP contribution >= 0.6 is 0 Å². The first-order chi connectivity index (χ1) is 37.1.